The Labute approximate surface area is 85.3 Å². The highest BCUT2D eigenvalue weighted by Crippen LogP contribution is 2.09. The number of nitrogens with zero attached hydrogens (tertiary/aromatic N) is 2. The van der Waals surface area contributed by atoms with Crippen LogP contribution in [-0.4, -0.2) is 15.6 Å². The Kier molecular flexibility index (Phi) is 2.55. The van der Waals surface area contributed by atoms with Crippen molar-refractivity contribution in [1.82, 2.24) is 9.78 Å². The molecule has 0 fully saturated rings. The Bertz CT molecular complexity index is 429. The summed E-state index contributed by atoms with van der Waals surface area (Å²) in [5.41, 5.74) is 0. The fourth-order valence-corrected chi connectivity index (χ4v) is 1.66. The molecule has 0 radical (unpaired) electrons. The minimum absolute atomic E-state index is 0.00972. The standard InChI is InChI=1S/C10H8N2OS/c13-9(10-3-1-8-14-10)4-7-12-6-2-5-11-12/h1-8H/b7-4-. The van der Waals surface area contributed by atoms with Gasteiger partial charge >= 0.3 is 0 Å². The van der Waals surface area contributed by atoms with E-state index in [1.54, 1.807) is 35.4 Å². The van der Waals surface area contributed by atoms with Crippen LogP contribution in [0.2, 0.25) is 0 Å². The van der Waals surface area contributed by atoms with Gasteiger partial charge < -0.3 is 0 Å². The van der Waals surface area contributed by atoms with Crippen LogP contribution in [-0.2, 0) is 0 Å². The van der Waals surface area contributed by atoms with Crippen molar-refractivity contribution in [3.05, 3.63) is 46.9 Å². The average molecular weight is 204 g/mol. The second kappa shape index (κ2) is 4.02. The van der Waals surface area contributed by atoms with E-state index < -0.39 is 0 Å². The molecule has 2 heterocycles. The number of allylic oxidation sites excluding steroid dienone is 1. The van der Waals surface area contributed by atoms with E-state index in [-0.39, 0.29) is 5.78 Å². The van der Waals surface area contributed by atoms with E-state index in [0.29, 0.717) is 0 Å². The highest BCUT2D eigenvalue weighted by Gasteiger charge is 2.00. The molecule has 0 aliphatic rings. The van der Waals surface area contributed by atoms with E-state index in [0.717, 1.165) is 4.88 Å². The number of ketones is 1. The average Bonchev–Trinajstić information content (AvgIpc) is 2.87. The van der Waals surface area contributed by atoms with Gasteiger partial charge in [0.15, 0.2) is 5.78 Å². The van der Waals surface area contributed by atoms with Gasteiger partial charge in [-0.3, -0.25) is 4.79 Å². The summed E-state index contributed by atoms with van der Waals surface area (Å²) in [4.78, 5) is 12.2. The van der Waals surface area contributed by atoms with Gasteiger partial charge in [-0.25, -0.2) is 4.68 Å². The molecule has 0 aliphatic heterocycles. The zero-order chi connectivity index (χ0) is 9.80. The Morgan fingerprint density at radius 2 is 2.43 bits per heavy atom. The number of hydrogen-bond donors (Lipinski definition) is 0. The third-order valence-corrected chi connectivity index (χ3v) is 2.55. The molecule has 0 unspecified atom stereocenters. The number of hydrogen-bond acceptors (Lipinski definition) is 3. The van der Waals surface area contributed by atoms with Crippen molar-refractivity contribution in [3.8, 4) is 0 Å². The molecule has 14 heavy (non-hydrogen) atoms. The van der Waals surface area contributed by atoms with Crippen LogP contribution >= 0.6 is 11.3 Å². The predicted octanol–water partition coefficient (Wildman–Crippen LogP) is 2.30. The fraction of sp³-hybridized carbons (Fsp3) is 0. The van der Waals surface area contributed by atoms with Crippen molar-refractivity contribution in [2.75, 3.05) is 0 Å². The number of carbonyl (C=O) groups excluding carboxylic acids is 1. The first-order valence-electron chi connectivity index (χ1n) is 4.11. The predicted molar refractivity (Wildman–Crippen MR) is 56.2 cm³/mol. The van der Waals surface area contributed by atoms with Gasteiger partial charge in [0.25, 0.3) is 0 Å². The lowest BCUT2D eigenvalue weighted by Gasteiger charge is -1.89. The maximum absolute atomic E-state index is 11.5. The lowest BCUT2D eigenvalue weighted by Crippen LogP contribution is -1.92. The molecule has 3 nitrogen and oxygen atoms in total. The number of rotatable bonds is 3. The molecular weight excluding hydrogens is 196 g/mol. The molecule has 0 aliphatic carbocycles. The van der Waals surface area contributed by atoms with Gasteiger partial charge in [-0.05, 0) is 17.5 Å². The summed E-state index contributed by atoms with van der Waals surface area (Å²) >= 11 is 1.44. The van der Waals surface area contributed by atoms with Gasteiger partial charge in [-0.15, -0.1) is 11.3 Å². The van der Waals surface area contributed by atoms with Crippen molar-refractivity contribution in [1.29, 1.82) is 0 Å². The molecule has 0 amide bonds. The van der Waals surface area contributed by atoms with Crippen LogP contribution in [0.5, 0.6) is 0 Å². The molecule has 0 saturated carbocycles. The van der Waals surface area contributed by atoms with Gasteiger partial charge in [0.05, 0.1) is 4.88 Å². The lowest BCUT2D eigenvalue weighted by molar-refractivity contribution is 0.105. The monoisotopic (exact) mass is 204 g/mol. The molecular formula is C10H8N2OS. The Morgan fingerprint density at radius 1 is 1.50 bits per heavy atom. The number of carbonyl (C=O) groups is 1. The van der Waals surface area contributed by atoms with Gasteiger partial charge in [-0.1, -0.05) is 6.07 Å². The van der Waals surface area contributed by atoms with E-state index in [4.69, 9.17) is 0 Å². The highest BCUT2D eigenvalue weighted by molar-refractivity contribution is 7.12. The second-order valence-electron chi connectivity index (χ2n) is 2.64. The summed E-state index contributed by atoms with van der Waals surface area (Å²) in [6, 6.07) is 5.47. The van der Waals surface area contributed by atoms with Gasteiger partial charge in [0, 0.05) is 24.7 Å². The van der Waals surface area contributed by atoms with Gasteiger partial charge in [-0.2, -0.15) is 5.10 Å². The van der Waals surface area contributed by atoms with E-state index in [1.165, 1.54) is 17.4 Å². The minimum Gasteiger partial charge on any atom is -0.288 e. The molecule has 0 aromatic carbocycles. The molecule has 0 atom stereocenters. The van der Waals surface area contributed by atoms with Crippen LogP contribution in [0, 0.1) is 0 Å². The maximum atomic E-state index is 11.5. The molecule has 0 N–H and O–H groups in total. The molecule has 0 bridgehead atoms. The smallest absolute Gasteiger partial charge is 0.197 e. The molecule has 70 valence electrons. The van der Waals surface area contributed by atoms with Crippen LogP contribution in [0.25, 0.3) is 6.20 Å². The third-order valence-electron chi connectivity index (χ3n) is 1.67. The molecule has 4 heteroatoms. The summed E-state index contributed by atoms with van der Waals surface area (Å²) in [7, 11) is 0. The van der Waals surface area contributed by atoms with Crippen LogP contribution in [0.3, 0.4) is 0 Å². The summed E-state index contributed by atoms with van der Waals surface area (Å²) in [6.07, 6.45) is 6.60. The Morgan fingerprint density at radius 3 is 3.07 bits per heavy atom. The first-order chi connectivity index (χ1) is 6.86. The molecule has 2 aromatic heterocycles. The highest BCUT2D eigenvalue weighted by atomic mass is 32.1. The summed E-state index contributed by atoms with van der Waals surface area (Å²) in [5, 5.41) is 5.83. The van der Waals surface area contributed by atoms with E-state index in [1.807, 2.05) is 11.4 Å². The summed E-state index contributed by atoms with van der Waals surface area (Å²) in [5.74, 6) is 0.00972. The lowest BCUT2D eigenvalue weighted by atomic mass is 10.3. The normalized spacial score (nSPS) is 10.9. The Balaban J connectivity index is 2.09. The largest absolute Gasteiger partial charge is 0.288 e. The van der Waals surface area contributed by atoms with Gasteiger partial charge in [0.2, 0.25) is 0 Å². The number of aromatic nitrogens is 2. The van der Waals surface area contributed by atoms with E-state index >= 15 is 0 Å². The van der Waals surface area contributed by atoms with Crippen molar-refractivity contribution in [2.45, 2.75) is 0 Å². The van der Waals surface area contributed by atoms with E-state index in [9.17, 15) is 4.79 Å². The molecule has 2 rings (SSSR count). The van der Waals surface area contributed by atoms with Crippen molar-refractivity contribution >= 4 is 23.3 Å². The van der Waals surface area contributed by atoms with Crippen LogP contribution in [0.15, 0.2) is 42.0 Å². The SMILES string of the molecule is O=C(/C=C\n1cccn1)c1cccs1. The molecule has 2 aromatic rings. The minimum atomic E-state index is 0.00972. The maximum Gasteiger partial charge on any atom is 0.197 e. The van der Waals surface area contributed by atoms with Gasteiger partial charge in [0.1, 0.15) is 0 Å². The molecule has 0 saturated heterocycles. The second-order valence-corrected chi connectivity index (χ2v) is 3.59. The fourth-order valence-electron chi connectivity index (χ4n) is 1.01. The summed E-state index contributed by atoms with van der Waals surface area (Å²) < 4.78 is 1.59. The molecule has 0 spiro atoms. The van der Waals surface area contributed by atoms with Crippen LogP contribution in [0.1, 0.15) is 9.67 Å². The zero-order valence-electron chi connectivity index (χ0n) is 7.33. The van der Waals surface area contributed by atoms with Crippen LogP contribution in [0.4, 0.5) is 0 Å². The van der Waals surface area contributed by atoms with Crippen molar-refractivity contribution in [3.63, 3.8) is 0 Å². The zero-order valence-corrected chi connectivity index (χ0v) is 8.15. The number of thiophene rings is 1. The first kappa shape index (κ1) is 8.90. The van der Waals surface area contributed by atoms with Crippen molar-refractivity contribution < 1.29 is 4.79 Å². The van der Waals surface area contributed by atoms with Crippen molar-refractivity contribution in [2.24, 2.45) is 0 Å². The van der Waals surface area contributed by atoms with Crippen LogP contribution < -0.4 is 0 Å². The Hall–Kier alpha value is -1.68. The third kappa shape index (κ3) is 1.97. The first-order valence-corrected chi connectivity index (χ1v) is 4.99. The quantitative estimate of drug-likeness (QED) is 0.568. The topological polar surface area (TPSA) is 34.9 Å². The summed E-state index contributed by atoms with van der Waals surface area (Å²) in [6.45, 7) is 0. The van der Waals surface area contributed by atoms with E-state index in [2.05, 4.69) is 5.10 Å².